The molecular weight excluding hydrogens is 569 g/mol. The van der Waals surface area contributed by atoms with Crippen LogP contribution >= 0.6 is 0 Å². The molecular formula is C45H30N2. The van der Waals surface area contributed by atoms with E-state index in [0.29, 0.717) is 0 Å². The molecule has 0 radical (unpaired) electrons. The van der Waals surface area contributed by atoms with E-state index in [1.807, 2.05) is 0 Å². The van der Waals surface area contributed by atoms with Gasteiger partial charge >= 0.3 is 0 Å². The van der Waals surface area contributed by atoms with E-state index in [2.05, 4.69) is 168 Å². The van der Waals surface area contributed by atoms with Crippen molar-refractivity contribution in [1.29, 1.82) is 0 Å². The van der Waals surface area contributed by atoms with Gasteiger partial charge in [0.25, 0.3) is 0 Å². The third-order valence-electron chi connectivity index (χ3n) is 11.1. The Bertz CT molecular complexity index is 2930. The van der Waals surface area contributed by atoms with Crippen LogP contribution in [0.15, 0.2) is 146 Å². The molecule has 0 spiro atoms. The Balaban J connectivity index is 1.15. The highest BCUT2D eigenvalue weighted by Crippen LogP contribution is 2.52. The van der Waals surface area contributed by atoms with Gasteiger partial charge in [-0.15, -0.1) is 0 Å². The van der Waals surface area contributed by atoms with Crippen LogP contribution in [0.25, 0.3) is 87.8 Å². The number of para-hydroxylation sites is 3. The first-order valence-electron chi connectivity index (χ1n) is 16.5. The molecule has 0 bridgehead atoms. The van der Waals surface area contributed by atoms with E-state index in [0.717, 1.165) is 0 Å². The van der Waals surface area contributed by atoms with Gasteiger partial charge in [0.05, 0.1) is 33.3 Å². The zero-order chi connectivity index (χ0) is 31.0. The highest BCUT2D eigenvalue weighted by molar-refractivity contribution is 6.23. The summed E-state index contributed by atoms with van der Waals surface area (Å²) in [7, 11) is 0. The molecule has 1 aliphatic rings. The van der Waals surface area contributed by atoms with E-state index in [-0.39, 0.29) is 5.41 Å². The molecule has 10 aromatic rings. The Hall–Kier alpha value is -5.86. The van der Waals surface area contributed by atoms with Gasteiger partial charge in [-0.3, -0.25) is 0 Å². The van der Waals surface area contributed by atoms with Crippen LogP contribution in [0, 0.1) is 0 Å². The van der Waals surface area contributed by atoms with Crippen LogP contribution in [0.4, 0.5) is 0 Å². The minimum atomic E-state index is -0.0427. The lowest BCUT2D eigenvalue weighted by atomic mass is 9.82. The topological polar surface area (TPSA) is 9.34 Å². The Morgan fingerprint density at radius 1 is 0.426 bits per heavy atom. The number of benzene rings is 7. The lowest BCUT2D eigenvalue weighted by Gasteiger charge is -2.21. The minimum absolute atomic E-state index is 0.0427. The van der Waals surface area contributed by atoms with Crippen molar-refractivity contribution in [2.45, 2.75) is 19.3 Å². The van der Waals surface area contributed by atoms with E-state index in [4.69, 9.17) is 0 Å². The van der Waals surface area contributed by atoms with Gasteiger partial charge in [-0.05, 0) is 70.3 Å². The lowest BCUT2D eigenvalue weighted by Crippen LogP contribution is -2.14. The maximum absolute atomic E-state index is 2.49. The Morgan fingerprint density at radius 3 is 1.77 bits per heavy atom. The molecule has 3 heterocycles. The molecule has 0 fully saturated rings. The first-order valence-corrected chi connectivity index (χ1v) is 16.5. The average molecular weight is 599 g/mol. The normalized spacial score (nSPS) is 13.9. The Labute approximate surface area is 272 Å². The molecule has 2 nitrogen and oxygen atoms in total. The lowest BCUT2D eigenvalue weighted by molar-refractivity contribution is 0.660. The van der Waals surface area contributed by atoms with Crippen molar-refractivity contribution < 1.29 is 0 Å². The van der Waals surface area contributed by atoms with Gasteiger partial charge in [-0.2, -0.15) is 0 Å². The molecule has 0 amide bonds. The number of hydrogen-bond donors (Lipinski definition) is 0. The van der Waals surface area contributed by atoms with Gasteiger partial charge < -0.3 is 8.97 Å². The van der Waals surface area contributed by atoms with Crippen molar-refractivity contribution in [1.82, 2.24) is 8.97 Å². The van der Waals surface area contributed by atoms with E-state index in [1.165, 1.54) is 99.0 Å². The fourth-order valence-electron chi connectivity index (χ4n) is 8.95. The maximum Gasteiger partial charge on any atom is 0.0620 e. The zero-order valence-corrected chi connectivity index (χ0v) is 26.3. The van der Waals surface area contributed by atoms with Crippen molar-refractivity contribution in [3.05, 3.63) is 157 Å². The smallest absolute Gasteiger partial charge is 0.0620 e. The third-order valence-corrected chi connectivity index (χ3v) is 11.1. The molecule has 220 valence electrons. The summed E-state index contributed by atoms with van der Waals surface area (Å²) in [4.78, 5) is 0. The number of hydrogen-bond acceptors (Lipinski definition) is 0. The van der Waals surface area contributed by atoms with Crippen LogP contribution in [0.1, 0.15) is 25.0 Å². The van der Waals surface area contributed by atoms with Crippen molar-refractivity contribution >= 4 is 59.9 Å². The molecule has 0 N–H and O–H groups in total. The standard InChI is InChI=1S/C45H30N2/c1-45(2)36-16-6-3-13-33(36)43-37(45)17-10-20-42(43)46-38-18-7-5-12-30(38)34-25-27(21-23-40(34)46)28-22-24-41-35(26-28)32-15-9-14-31-29-11-4-8-19-39(29)47(41)44(31)32/h3-26H,1-2H3. The van der Waals surface area contributed by atoms with Crippen LogP contribution in [-0.2, 0) is 5.41 Å². The summed E-state index contributed by atoms with van der Waals surface area (Å²) in [5.41, 5.74) is 15.5. The van der Waals surface area contributed by atoms with Gasteiger partial charge in [0, 0.05) is 43.3 Å². The molecule has 0 saturated carbocycles. The third kappa shape index (κ3) is 3.10. The van der Waals surface area contributed by atoms with Crippen LogP contribution < -0.4 is 0 Å². The second-order valence-corrected chi connectivity index (χ2v) is 13.7. The van der Waals surface area contributed by atoms with Gasteiger partial charge in [0.2, 0.25) is 0 Å². The number of aromatic nitrogens is 2. The van der Waals surface area contributed by atoms with Gasteiger partial charge in [0.15, 0.2) is 0 Å². The fourth-order valence-corrected chi connectivity index (χ4v) is 8.95. The van der Waals surface area contributed by atoms with E-state index in [1.54, 1.807) is 0 Å². The van der Waals surface area contributed by atoms with Crippen LogP contribution in [0.3, 0.4) is 0 Å². The Kier molecular flexibility index (Phi) is 4.68. The zero-order valence-electron chi connectivity index (χ0n) is 26.3. The van der Waals surface area contributed by atoms with Crippen molar-refractivity contribution in [2.24, 2.45) is 0 Å². The number of nitrogens with zero attached hydrogens (tertiary/aromatic N) is 2. The molecule has 7 aromatic carbocycles. The van der Waals surface area contributed by atoms with E-state index in [9.17, 15) is 0 Å². The van der Waals surface area contributed by atoms with Gasteiger partial charge in [0.1, 0.15) is 0 Å². The van der Waals surface area contributed by atoms with Gasteiger partial charge in [-0.25, -0.2) is 0 Å². The molecule has 3 aromatic heterocycles. The maximum atomic E-state index is 2.49. The second kappa shape index (κ2) is 8.69. The van der Waals surface area contributed by atoms with Crippen LogP contribution in [0.2, 0.25) is 0 Å². The SMILES string of the molecule is CC1(C)c2ccccc2-c2c(-n3c4ccccc4c4cc(-c5ccc6c(c5)c5cccc7c8ccccc8n6c75)ccc43)cccc21. The molecule has 0 aliphatic heterocycles. The second-order valence-electron chi connectivity index (χ2n) is 13.7. The molecule has 11 rings (SSSR count). The first kappa shape index (κ1) is 25.3. The van der Waals surface area contributed by atoms with Crippen molar-refractivity contribution in [2.75, 3.05) is 0 Å². The quantitative estimate of drug-likeness (QED) is 0.187. The average Bonchev–Trinajstić information content (AvgIpc) is 3.81. The van der Waals surface area contributed by atoms with Gasteiger partial charge in [-0.1, -0.05) is 117 Å². The molecule has 0 unspecified atom stereocenters. The minimum Gasteiger partial charge on any atom is -0.309 e. The summed E-state index contributed by atoms with van der Waals surface area (Å²) in [6.45, 7) is 4.71. The highest BCUT2D eigenvalue weighted by atomic mass is 15.0. The fraction of sp³-hybridized carbons (Fsp3) is 0.0667. The monoisotopic (exact) mass is 598 g/mol. The molecule has 0 saturated heterocycles. The predicted molar refractivity (Wildman–Crippen MR) is 198 cm³/mol. The van der Waals surface area contributed by atoms with E-state index < -0.39 is 0 Å². The largest absolute Gasteiger partial charge is 0.309 e. The van der Waals surface area contributed by atoms with Crippen LogP contribution in [0.5, 0.6) is 0 Å². The van der Waals surface area contributed by atoms with E-state index >= 15 is 0 Å². The Morgan fingerprint density at radius 2 is 0.957 bits per heavy atom. The van der Waals surface area contributed by atoms with Crippen LogP contribution in [-0.4, -0.2) is 8.97 Å². The summed E-state index contributed by atoms with van der Waals surface area (Å²) in [5, 5.41) is 7.81. The van der Waals surface area contributed by atoms with Crippen molar-refractivity contribution in [3.8, 4) is 27.9 Å². The van der Waals surface area contributed by atoms with Crippen molar-refractivity contribution in [3.63, 3.8) is 0 Å². The predicted octanol–water partition coefficient (Wildman–Crippen LogP) is 11.9. The molecule has 1 aliphatic carbocycles. The summed E-state index contributed by atoms with van der Waals surface area (Å²) < 4.78 is 4.95. The summed E-state index contributed by atoms with van der Waals surface area (Å²) in [5.74, 6) is 0. The summed E-state index contributed by atoms with van der Waals surface area (Å²) in [6, 6.07) is 54.3. The summed E-state index contributed by atoms with van der Waals surface area (Å²) >= 11 is 0. The molecule has 0 atom stereocenters. The first-order chi connectivity index (χ1) is 23.1. The molecule has 47 heavy (non-hydrogen) atoms. The molecule has 2 heteroatoms. The summed E-state index contributed by atoms with van der Waals surface area (Å²) in [6.07, 6.45) is 0. The number of fused-ring (bicyclic) bond motifs is 12. The number of rotatable bonds is 2. The highest BCUT2D eigenvalue weighted by Gasteiger charge is 2.37.